The van der Waals surface area contributed by atoms with Gasteiger partial charge in [-0.15, -0.1) is 0 Å². The Bertz CT molecular complexity index is 1380. The summed E-state index contributed by atoms with van der Waals surface area (Å²) < 4.78 is 11.2. The molecule has 0 spiro atoms. The van der Waals surface area contributed by atoms with Gasteiger partial charge in [0.05, 0.1) is 18.7 Å². The van der Waals surface area contributed by atoms with Crippen LogP contribution in [-0.4, -0.2) is 27.3 Å². The molecule has 0 saturated heterocycles. The molecular weight excluding hydrogens is 468 g/mol. The maximum absolute atomic E-state index is 5.86. The number of allylic oxidation sites excluding steroid dienone is 1. The largest absolute Gasteiger partial charge is 0.497 e. The minimum Gasteiger partial charge on any atom is -0.497 e. The number of hydrogen-bond donors (Lipinski definition) is 1. The van der Waals surface area contributed by atoms with Crippen LogP contribution >= 0.6 is 12.2 Å². The second kappa shape index (κ2) is 10.3. The maximum Gasteiger partial charge on any atom is 0.258 e. The van der Waals surface area contributed by atoms with Crippen molar-refractivity contribution in [2.45, 2.75) is 32.9 Å². The van der Waals surface area contributed by atoms with Crippen LogP contribution in [0.15, 0.2) is 89.1 Å². The van der Waals surface area contributed by atoms with E-state index in [0.29, 0.717) is 23.4 Å². The molecule has 2 heterocycles. The van der Waals surface area contributed by atoms with Gasteiger partial charge in [0.1, 0.15) is 5.75 Å². The van der Waals surface area contributed by atoms with Crippen molar-refractivity contribution in [3.05, 3.63) is 107 Å². The summed E-state index contributed by atoms with van der Waals surface area (Å²) in [6.07, 6.45) is 0.982. The normalized spacial score (nSPS) is 15.7. The summed E-state index contributed by atoms with van der Waals surface area (Å²) in [5, 5.41) is 8.48. The van der Waals surface area contributed by atoms with Crippen LogP contribution in [0.4, 0.5) is 0 Å². The highest BCUT2D eigenvalue weighted by Gasteiger charge is 2.34. The van der Waals surface area contributed by atoms with Gasteiger partial charge in [-0.3, -0.25) is 0 Å². The van der Waals surface area contributed by atoms with Crippen LogP contribution in [0.3, 0.4) is 0 Å². The van der Waals surface area contributed by atoms with E-state index in [1.54, 1.807) is 7.11 Å². The third-order valence-corrected chi connectivity index (χ3v) is 6.84. The van der Waals surface area contributed by atoms with Crippen molar-refractivity contribution in [3.8, 4) is 17.1 Å². The number of benzene rings is 3. The molecule has 0 aliphatic carbocycles. The molecule has 4 aromatic rings. The van der Waals surface area contributed by atoms with Crippen LogP contribution in [0, 0.1) is 0 Å². The van der Waals surface area contributed by atoms with E-state index < -0.39 is 0 Å². The van der Waals surface area contributed by atoms with E-state index in [2.05, 4.69) is 53.5 Å². The van der Waals surface area contributed by atoms with Crippen molar-refractivity contribution in [1.82, 2.24) is 20.4 Å². The third-order valence-electron chi connectivity index (χ3n) is 6.51. The molecular formula is C29H28N4O2S. The quantitative estimate of drug-likeness (QED) is 0.307. The molecule has 0 saturated carbocycles. The zero-order valence-corrected chi connectivity index (χ0v) is 21.4. The molecule has 1 unspecified atom stereocenters. The standard InChI is InChI=1S/C29H28N4O2S/c1-4-20-10-12-23(13-11-20)27-31-28(35-32-27)25-19(2)33(18-21-8-6-5-7-9-21)29(36)30-26(25)22-14-16-24(34-3)17-15-22/h5-17,26H,4,18H2,1-3H3,(H,30,36). The molecule has 1 N–H and O–H groups in total. The Hall–Kier alpha value is -3.97. The molecule has 0 bridgehead atoms. The first-order chi connectivity index (χ1) is 17.6. The summed E-state index contributed by atoms with van der Waals surface area (Å²) in [5.74, 6) is 1.82. The molecule has 1 atom stereocenters. The number of nitrogens with one attached hydrogen (secondary N) is 1. The van der Waals surface area contributed by atoms with Crippen molar-refractivity contribution in [2.24, 2.45) is 0 Å². The predicted molar refractivity (Wildman–Crippen MR) is 145 cm³/mol. The first-order valence-electron chi connectivity index (χ1n) is 12.0. The van der Waals surface area contributed by atoms with Gasteiger partial charge in [0.25, 0.3) is 5.89 Å². The lowest BCUT2D eigenvalue weighted by Crippen LogP contribution is -2.45. The Balaban J connectivity index is 1.57. The SMILES string of the molecule is CCc1ccc(-c2noc(C3=C(C)N(Cc4ccccc4)C(=S)NC3c3ccc(OC)cc3)n2)cc1. The molecule has 5 rings (SSSR count). The predicted octanol–water partition coefficient (Wildman–Crippen LogP) is 6.17. The highest BCUT2D eigenvalue weighted by molar-refractivity contribution is 7.80. The summed E-state index contributed by atoms with van der Waals surface area (Å²) in [5.41, 5.74) is 6.24. The lowest BCUT2D eigenvalue weighted by atomic mass is 9.94. The van der Waals surface area contributed by atoms with Crippen LogP contribution in [0.25, 0.3) is 17.0 Å². The zero-order chi connectivity index (χ0) is 25.1. The van der Waals surface area contributed by atoms with Crippen molar-refractivity contribution in [2.75, 3.05) is 7.11 Å². The molecule has 0 fully saturated rings. The first kappa shape index (κ1) is 23.8. The highest BCUT2D eigenvalue weighted by atomic mass is 32.1. The minimum absolute atomic E-state index is 0.244. The molecule has 1 aliphatic heterocycles. The Morgan fingerprint density at radius 3 is 2.36 bits per heavy atom. The number of nitrogens with zero attached hydrogens (tertiary/aromatic N) is 3. The van der Waals surface area contributed by atoms with E-state index in [-0.39, 0.29) is 6.04 Å². The van der Waals surface area contributed by atoms with Crippen LogP contribution in [0.2, 0.25) is 0 Å². The molecule has 7 heteroatoms. The van der Waals surface area contributed by atoms with E-state index in [4.69, 9.17) is 26.5 Å². The van der Waals surface area contributed by atoms with Crippen molar-refractivity contribution < 1.29 is 9.26 Å². The summed E-state index contributed by atoms with van der Waals surface area (Å²) in [4.78, 5) is 6.90. The molecule has 3 aromatic carbocycles. The number of aromatic nitrogens is 2. The van der Waals surface area contributed by atoms with Gasteiger partial charge < -0.3 is 19.5 Å². The summed E-state index contributed by atoms with van der Waals surface area (Å²) in [7, 11) is 1.66. The number of ether oxygens (including phenoxy) is 1. The number of aryl methyl sites for hydroxylation is 1. The van der Waals surface area contributed by atoms with Gasteiger partial charge in [0.2, 0.25) is 5.82 Å². The van der Waals surface area contributed by atoms with Gasteiger partial charge in [-0.2, -0.15) is 4.98 Å². The van der Waals surface area contributed by atoms with E-state index in [1.165, 1.54) is 5.56 Å². The molecule has 1 aromatic heterocycles. The van der Waals surface area contributed by atoms with Crippen molar-refractivity contribution in [3.63, 3.8) is 0 Å². The number of methoxy groups -OCH3 is 1. The van der Waals surface area contributed by atoms with Gasteiger partial charge in [-0.05, 0) is 54.4 Å². The Morgan fingerprint density at radius 1 is 0.972 bits per heavy atom. The number of thiocarbonyl (C=S) groups is 1. The fraction of sp³-hybridized carbons (Fsp3) is 0.207. The van der Waals surface area contributed by atoms with Crippen molar-refractivity contribution in [1.29, 1.82) is 0 Å². The molecule has 0 radical (unpaired) electrons. The fourth-order valence-corrected chi connectivity index (χ4v) is 4.72. The summed E-state index contributed by atoms with van der Waals surface area (Å²) >= 11 is 5.83. The number of rotatable bonds is 7. The van der Waals surface area contributed by atoms with E-state index in [0.717, 1.165) is 40.1 Å². The number of hydrogen-bond acceptors (Lipinski definition) is 5. The molecule has 1 aliphatic rings. The maximum atomic E-state index is 5.86. The average molecular weight is 497 g/mol. The van der Waals surface area contributed by atoms with Gasteiger partial charge in [-0.1, -0.05) is 78.8 Å². The van der Waals surface area contributed by atoms with E-state index in [1.807, 2.05) is 54.6 Å². The topological polar surface area (TPSA) is 63.4 Å². The Kier molecular flexibility index (Phi) is 6.82. The average Bonchev–Trinajstić information content (AvgIpc) is 3.41. The zero-order valence-electron chi connectivity index (χ0n) is 20.6. The first-order valence-corrected chi connectivity index (χ1v) is 12.4. The smallest absolute Gasteiger partial charge is 0.258 e. The molecule has 36 heavy (non-hydrogen) atoms. The molecule has 6 nitrogen and oxygen atoms in total. The minimum atomic E-state index is -0.244. The third kappa shape index (κ3) is 4.75. The van der Waals surface area contributed by atoms with E-state index in [9.17, 15) is 0 Å². The molecule has 0 amide bonds. The van der Waals surface area contributed by atoms with Gasteiger partial charge in [-0.25, -0.2) is 0 Å². The van der Waals surface area contributed by atoms with E-state index >= 15 is 0 Å². The van der Waals surface area contributed by atoms with Crippen LogP contribution in [0.1, 0.15) is 42.5 Å². The van der Waals surface area contributed by atoms with Crippen LogP contribution < -0.4 is 10.1 Å². The Morgan fingerprint density at radius 2 is 1.69 bits per heavy atom. The Labute approximate surface area is 216 Å². The highest BCUT2D eigenvalue weighted by Crippen LogP contribution is 2.38. The second-order valence-corrected chi connectivity index (χ2v) is 9.09. The van der Waals surface area contributed by atoms with Crippen molar-refractivity contribution >= 4 is 22.9 Å². The fourth-order valence-electron chi connectivity index (χ4n) is 4.40. The van der Waals surface area contributed by atoms with Gasteiger partial charge in [0.15, 0.2) is 5.11 Å². The monoisotopic (exact) mass is 496 g/mol. The molecule has 182 valence electrons. The van der Waals surface area contributed by atoms with Crippen LogP contribution in [-0.2, 0) is 13.0 Å². The van der Waals surface area contributed by atoms with Crippen LogP contribution in [0.5, 0.6) is 5.75 Å². The lowest BCUT2D eigenvalue weighted by molar-refractivity contribution is 0.396. The lowest BCUT2D eigenvalue weighted by Gasteiger charge is -2.37. The second-order valence-electron chi connectivity index (χ2n) is 8.70. The van der Waals surface area contributed by atoms with Gasteiger partial charge in [0, 0.05) is 17.8 Å². The summed E-state index contributed by atoms with van der Waals surface area (Å²) in [6.45, 7) is 4.83. The van der Waals surface area contributed by atoms with Gasteiger partial charge >= 0.3 is 0 Å². The summed E-state index contributed by atoms with van der Waals surface area (Å²) in [6, 6.07) is 26.2.